The van der Waals surface area contributed by atoms with Crippen LogP contribution < -0.4 is 0 Å². The van der Waals surface area contributed by atoms with Crippen LogP contribution in [0.3, 0.4) is 0 Å². The van der Waals surface area contributed by atoms with Gasteiger partial charge in [0.1, 0.15) is 0 Å². The van der Waals surface area contributed by atoms with Crippen LogP contribution in [0.5, 0.6) is 0 Å². The van der Waals surface area contributed by atoms with Crippen LogP contribution in [0.1, 0.15) is 21.7 Å². The number of carbonyl (C=O) groups is 1. The topological polar surface area (TPSA) is 62.6 Å². The minimum atomic E-state index is -3.46. The number of hydrogen-bond donors (Lipinski definition) is 0. The standard InChI is InChI=1S/C19H25N3O3S/c1-15-13-18(16(2)20(15)3)19(23)14-21-9-11-22(12-10-21)26(24,25)17-7-5-4-6-8-17/h4-8,13H,9-12,14H2,1-3H3. The minimum absolute atomic E-state index is 0.0885. The van der Waals surface area contributed by atoms with Gasteiger partial charge in [-0.1, -0.05) is 18.2 Å². The second-order valence-corrected chi connectivity index (χ2v) is 8.70. The van der Waals surface area contributed by atoms with Crippen LogP contribution in [0.15, 0.2) is 41.3 Å². The van der Waals surface area contributed by atoms with Gasteiger partial charge in [-0.25, -0.2) is 8.42 Å². The van der Waals surface area contributed by atoms with E-state index >= 15 is 0 Å². The summed E-state index contributed by atoms with van der Waals surface area (Å²) in [6.45, 7) is 6.17. The zero-order valence-electron chi connectivity index (χ0n) is 15.5. The van der Waals surface area contributed by atoms with E-state index in [-0.39, 0.29) is 5.78 Å². The van der Waals surface area contributed by atoms with Gasteiger partial charge in [0.15, 0.2) is 5.78 Å². The fourth-order valence-corrected chi connectivity index (χ4v) is 4.74. The Labute approximate surface area is 155 Å². The Kier molecular flexibility index (Phi) is 5.32. The molecule has 0 saturated carbocycles. The fourth-order valence-electron chi connectivity index (χ4n) is 3.30. The van der Waals surface area contributed by atoms with Gasteiger partial charge in [-0.05, 0) is 32.0 Å². The Bertz CT molecular complexity index is 896. The maximum atomic E-state index is 12.7. The summed E-state index contributed by atoms with van der Waals surface area (Å²) in [4.78, 5) is 15.0. The van der Waals surface area contributed by atoms with Crippen LogP contribution in [0, 0.1) is 13.8 Å². The van der Waals surface area contributed by atoms with E-state index in [1.807, 2.05) is 36.4 Å². The number of ketones is 1. The molecule has 1 aromatic carbocycles. The summed E-state index contributed by atoms with van der Waals surface area (Å²) in [7, 11) is -1.50. The maximum absolute atomic E-state index is 12.7. The first-order valence-corrected chi connectivity index (χ1v) is 10.2. The number of Topliss-reactive ketones (excluding diaryl/α,β-unsaturated/α-hetero) is 1. The number of nitrogens with zero attached hydrogens (tertiary/aromatic N) is 3. The summed E-state index contributed by atoms with van der Waals surface area (Å²) in [5, 5.41) is 0. The first kappa shape index (κ1) is 18.8. The number of rotatable bonds is 5. The maximum Gasteiger partial charge on any atom is 0.243 e. The molecule has 0 N–H and O–H groups in total. The van der Waals surface area contributed by atoms with Crippen molar-refractivity contribution in [1.29, 1.82) is 0 Å². The molecule has 1 aliphatic rings. The van der Waals surface area contributed by atoms with Crippen molar-refractivity contribution >= 4 is 15.8 Å². The number of aryl methyl sites for hydroxylation is 1. The second-order valence-electron chi connectivity index (χ2n) is 6.76. The van der Waals surface area contributed by atoms with Crippen molar-refractivity contribution in [2.75, 3.05) is 32.7 Å². The van der Waals surface area contributed by atoms with Gasteiger partial charge in [0.25, 0.3) is 0 Å². The number of hydrogen-bond acceptors (Lipinski definition) is 4. The zero-order chi connectivity index (χ0) is 18.9. The first-order chi connectivity index (χ1) is 12.3. The van der Waals surface area contributed by atoms with Crippen LogP contribution in [0.4, 0.5) is 0 Å². The molecule has 0 amide bonds. The summed E-state index contributed by atoms with van der Waals surface area (Å²) in [5.74, 6) is 0.0885. The molecule has 2 aromatic rings. The van der Waals surface area contributed by atoms with Gasteiger partial charge < -0.3 is 4.57 Å². The van der Waals surface area contributed by atoms with E-state index in [1.54, 1.807) is 30.3 Å². The Morgan fingerprint density at radius 2 is 1.65 bits per heavy atom. The lowest BCUT2D eigenvalue weighted by atomic mass is 10.1. The van der Waals surface area contributed by atoms with Crippen molar-refractivity contribution in [3.05, 3.63) is 53.3 Å². The summed E-state index contributed by atoms with van der Waals surface area (Å²) >= 11 is 0. The van der Waals surface area contributed by atoms with Crippen LogP contribution in [0.2, 0.25) is 0 Å². The number of carbonyl (C=O) groups excluding carboxylic acids is 1. The highest BCUT2D eigenvalue weighted by Crippen LogP contribution is 2.18. The van der Waals surface area contributed by atoms with Gasteiger partial charge in [-0.15, -0.1) is 0 Å². The Balaban J connectivity index is 1.62. The van der Waals surface area contributed by atoms with E-state index < -0.39 is 10.0 Å². The van der Waals surface area contributed by atoms with E-state index in [2.05, 4.69) is 0 Å². The van der Waals surface area contributed by atoms with Crippen molar-refractivity contribution in [1.82, 2.24) is 13.8 Å². The molecule has 140 valence electrons. The van der Waals surface area contributed by atoms with Gasteiger partial charge in [-0.2, -0.15) is 4.31 Å². The predicted octanol–water partition coefficient (Wildman–Crippen LogP) is 1.83. The third-order valence-corrected chi connectivity index (χ3v) is 7.07. The Morgan fingerprint density at radius 3 is 2.19 bits per heavy atom. The molecule has 1 aliphatic heterocycles. The monoisotopic (exact) mass is 375 g/mol. The molecular weight excluding hydrogens is 350 g/mol. The van der Waals surface area contributed by atoms with E-state index in [9.17, 15) is 13.2 Å². The highest BCUT2D eigenvalue weighted by molar-refractivity contribution is 7.89. The van der Waals surface area contributed by atoms with Crippen molar-refractivity contribution < 1.29 is 13.2 Å². The minimum Gasteiger partial charge on any atom is -0.351 e. The predicted molar refractivity (Wildman–Crippen MR) is 101 cm³/mol. The largest absolute Gasteiger partial charge is 0.351 e. The van der Waals surface area contributed by atoms with Gasteiger partial charge >= 0.3 is 0 Å². The Hall–Kier alpha value is -1.96. The van der Waals surface area contributed by atoms with Crippen LogP contribution >= 0.6 is 0 Å². The van der Waals surface area contributed by atoms with Crippen molar-refractivity contribution in [2.45, 2.75) is 18.7 Å². The first-order valence-electron chi connectivity index (χ1n) is 8.74. The molecule has 26 heavy (non-hydrogen) atoms. The summed E-state index contributed by atoms with van der Waals surface area (Å²) in [5.41, 5.74) is 2.78. The average Bonchev–Trinajstić information content (AvgIpc) is 2.90. The zero-order valence-corrected chi connectivity index (χ0v) is 16.3. The summed E-state index contributed by atoms with van der Waals surface area (Å²) in [6.07, 6.45) is 0. The molecule has 0 bridgehead atoms. The molecule has 3 rings (SSSR count). The van der Waals surface area contributed by atoms with Gasteiger partial charge in [-0.3, -0.25) is 9.69 Å². The lowest BCUT2D eigenvalue weighted by molar-refractivity contribution is 0.0901. The number of piperazine rings is 1. The number of benzene rings is 1. The molecule has 1 fully saturated rings. The summed E-state index contributed by atoms with van der Waals surface area (Å²) in [6, 6.07) is 10.4. The van der Waals surface area contributed by atoms with Gasteiger partial charge in [0.2, 0.25) is 10.0 Å². The van der Waals surface area contributed by atoms with Crippen molar-refractivity contribution in [3.8, 4) is 0 Å². The quantitative estimate of drug-likeness (QED) is 0.748. The van der Waals surface area contributed by atoms with E-state index in [4.69, 9.17) is 0 Å². The highest BCUT2D eigenvalue weighted by atomic mass is 32.2. The lowest BCUT2D eigenvalue weighted by Gasteiger charge is -2.33. The van der Waals surface area contributed by atoms with E-state index in [1.165, 1.54) is 4.31 Å². The molecule has 1 aromatic heterocycles. The normalized spacial score (nSPS) is 16.7. The van der Waals surface area contributed by atoms with Crippen molar-refractivity contribution in [3.63, 3.8) is 0 Å². The van der Waals surface area contributed by atoms with E-state index in [0.29, 0.717) is 37.6 Å². The SMILES string of the molecule is Cc1cc(C(=O)CN2CCN(S(=O)(=O)c3ccccc3)CC2)c(C)n1C. The molecule has 0 spiro atoms. The van der Waals surface area contributed by atoms with E-state index in [0.717, 1.165) is 17.0 Å². The highest BCUT2D eigenvalue weighted by Gasteiger charge is 2.29. The smallest absolute Gasteiger partial charge is 0.243 e. The van der Waals surface area contributed by atoms with Crippen LogP contribution in [-0.2, 0) is 17.1 Å². The average molecular weight is 375 g/mol. The molecule has 2 heterocycles. The molecule has 7 heteroatoms. The van der Waals surface area contributed by atoms with Gasteiger partial charge in [0.05, 0.1) is 11.4 Å². The summed E-state index contributed by atoms with van der Waals surface area (Å²) < 4.78 is 28.8. The van der Waals surface area contributed by atoms with Gasteiger partial charge in [0, 0.05) is 50.2 Å². The lowest BCUT2D eigenvalue weighted by Crippen LogP contribution is -2.49. The molecule has 0 radical (unpaired) electrons. The van der Waals surface area contributed by atoms with Crippen molar-refractivity contribution in [2.24, 2.45) is 7.05 Å². The Morgan fingerprint density at radius 1 is 1.04 bits per heavy atom. The third kappa shape index (κ3) is 3.60. The molecule has 6 nitrogen and oxygen atoms in total. The molecule has 0 atom stereocenters. The van der Waals surface area contributed by atoms with Crippen LogP contribution in [-0.4, -0.2) is 60.7 Å². The molecule has 0 unspecified atom stereocenters. The molecular formula is C19H25N3O3S. The third-order valence-electron chi connectivity index (χ3n) is 5.16. The number of aromatic nitrogens is 1. The molecule has 0 aliphatic carbocycles. The van der Waals surface area contributed by atoms with Crippen LogP contribution in [0.25, 0.3) is 0 Å². The second kappa shape index (κ2) is 7.34. The molecule has 1 saturated heterocycles. The fraction of sp³-hybridized carbons (Fsp3) is 0.421. The number of sulfonamides is 1.